The Balaban J connectivity index is 1.95. The Morgan fingerprint density at radius 1 is 1.14 bits per heavy atom. The van der Waals surface area contributed by atoms with Crippen LogP contribution in [0.2, 0.25) is 0 Å². The Kier molecular flexibility index (Phi) is 5.54. The molecule has 2 rings (SSSR count). The number of sulfonamides is 1. The fraction of sp³-hybridized carbons (Fsp3) is 0.250. The molecule has 0 fully saturated rings. The minimum Gasteiger partial charge on any atom is -0.497 e. The van der Waals surface area contributed by atoms with Crippen molar-refractivity contribution in [2.75, 3.05) is 13.7 Å². The van der Waals surface area contributed by atoms with Crippen molar-refractivity contribution in [2.45, 2.75) is 17.4 Å². The van der Waals surface area contributed by atoms with Crippen molar-refractivity contribution < 1.29 is 18.3 Å². The number of nitrogens with one attached hydrogen (secondary N) is 1. The van der Waals surface area contributed by atoms with Crippen LogP contribution in [-0.2, 0) is 10.0 Å². The fourth-order valence-corrected chi connectivity index (χ4v) is 3.11. The number of hydrogen-bond acceptors (Lipinski definition) is 4. The number of aliphatic hydroxyl groups is 1. The molecule has 1 unspecified atom stereocenters. The topological polar surface area (TPSA) is 75.6 Å². The maximum Gasteiger partial charge on any atom is 0.240 e. The Labute approximate surface area is 130 Å². The van der Waals surface area contributed by atoms with Crippen molar-refractivity contribution in [1.82, 2.24) is 4.72 Å². The van der Waals surface area contributed by atoms with Gasteiger partial charge in [0.05, 0.1) is 18.1 Å². The van der Waals surface area contributed by atoms with Gasteiger partial charge in [0.1, 0.15) is 5.75 Å². The highest BCUT2D eigenvalue weighted by molar-refractivity contribution is 7.89. The van der Waals surface area contributed by atoms with Gasteiger partial charge < -0.3 is 9.84 Å². The van der Waals surface area contributed by atoms with Gasteiger partial charge >= 0.3 is 0 Å². The average Bonchev–Trinajstić information content (AvgIpc) is 2.55. The number of aliphatic hydroxyl groups excluding tert-OH is 1. The molecule has 2 N–H and O–H groups in total. The Morgan fingerprint density at radius 3 is 2.55 bits per heavy atom. The highest BCUT2D eigenvalue weighted by Crippen LogP contribution is 2.18. The monoisotopic (exact) mass is 321 g/mol. The van der Waals surface area contributed by atoms with Gasteiger partial charge in [-0.2, -0.15) is 0 Å². The zero-order valence-electron chi connectivity index (χ0n) is 12.3. The molecule has 6 heteroatoms. The lowest BCUT2D eigenvalue weighted by Crippen LogP contribution is -2.26. The third kappa shape index (κ3) is 4.30. The second-order valence-corrected chi connectivity index (χ2v) is 6.56. The lowest BCUT2D eigenvalue weighted by atomic mass is 10.1. The first-order valence-corrected chi connectivity index (χ1v) is 8.38. The second-order valence-electron chi connectivity index (χ2n) is 4.79. The van der Waals surface area contributed by atoms with Crippen molar-refractivity contribution >= 4 is 10.0 Å². The molecule has 0 amide bonds. The summed E-state index contributed by atoms with van der Waals surface area (Å²) >= 11 is 0. The van der Waals surface area contributed by atoms with Crippen molar-refractivity contribution in [3.8, 4) is 5.75 Å². The molecular weight excluding hydrogens is 302 g/mol. The molecule has 5 nitrogen and oxygen atoms in total. The normalized spacial score (nSPS) is 12.8. The molecule has 0 aliphatic rings. The molecule has 2 aromatic carbocycles. The molecule has 0 bridgehead atoms. The summed E-state index contributed by atoms with van der Waals surface area (Å²) in [5.41, 5.74) is 0.767. The van der Waals surface area contributed by atoms with Gasteiger partial charge in [-0.05, 0) is 24.1 Å². The molecule has 0 aromatic heterocycles. The number of benzene rings is 2. The maximum absolute atomic E-state index is 12.2. The van der Waals surface area contributed by atoms with Crippen molar-refractivity contribution in [1.29, 1.82) is 0 Å². The lowest BCUT2D eigenvalue weighted by Gasteiger charge is -2.12. The van der Waals surface area contributed by atoms with E-state index in [1.807, 2.05) is 18.2 Å². The van der Waals surface area contributed by atoms with Crippen molar-refractivity contribution in [2.24, 2.45) is 0 Å². The molecule has 0 radical (unpaired) electrons. The van der Waals surface area contributed by atoms with Gasteiger partial charge in [-0.1, -0.05) is 36.4 Å². The van der Waals surface area contributed by atoms with E-state index in [0.29, 0.717) is 12.2 Å². The minimum absolute atomic E-state index is 0.140. The summed E-state index contributed by atoms with van der Waals surface area (Å²) in [6.07, 6.45) is -0.401. The van der Waals surface area contributed by atoms with E-state index in [-0.39, 0.29) is 11.4 Å². The van der Waals surface area contributed by atoms with Crippen molar-refractivity contribution in [3.05, 3.63) is 60.2 Å². The predicted molar refractivity (Wildman–Crippen MR) is 84.2 cm³/mol. The van der Waals surface area contributed by atoms with Crippen LogP contribution in [0.4, 0.5) is 0 Å². The predicted octanol–water partition coefficient (Wildman–Crippen LogP) is 2.10. The highest BCUT2D eigenvalue weighted by Gasteiger charge is 2.15. The third-order valence-corrected chi connectivity index (χ3v) is 4.70. The summed E-state index contributed by atoms with van der Waals surface area (Å²) in [4.78, 5) is 0.140. The average molecular weight is 321 g/mol. The zero-order valence-corrected chi connectivity index (χ0v) is 13.1. The van der Waals surface area contributed by atoms with Crippen LogP contribution in [0.1, 0.15) is 18.1 Å². The zero-order chi connectivity index (χ0) is 16.0. The first-order chi connectivity index (χ1) is 10.5. The molecule has 0 saturated heterocycles. The SMILES string of the molecule is COc1cccc(S(=O)(=O)NCCC(O)c2ccccc2)c1. The minimum atomic E-state index is -3.61. The fourth-order valence-electron chi connectivity index (χ4n) is 2.02. The molecular formula is C16H19NO4S. The van der Waals surface area contributed by atoms with E-state index in [4.69, 9.17) is 4.74 Å². The van der Waals surface area contributed by atoms with Crippen molar-refractivity contribution in [3.63, 3.8) is 0 Å². The second kappa shape index (κ2) is 7.40. The largest absolute Gasteiger partial charge is 0.497 e. The summed E-state index contributed by atoms with van der Waals surface area (Å²) in [7, 11) is -2.13. The van der Waals surface area contributed by atoms with E-state index in [1.54, 1.807) is 24.3 Å². The smallest absolute Gasteiger partial charge is 0.240 e. The van der Waals surface area contributed by atoms with Crippen LogP contribution in [-0.4, -0.2) is 27.2 Å². The molecule has 0 heterocycles. The van der Waals surface area contributed by atoms with Gasteiger partial charge in [0.2, 0.25) is 10.0 Å². The standard InChI is InChI=1S/C16H19NO4S/c1-21-14-8-5-9-15(12-14)22(19,20)17-11-10-16(18)13-6-3-2-4-7-13/h2-9,12,16-18H,10-11H2,1H3. The Morgan fingerprint density at radius 2 is 1.86 bits per heavy atom. The van der Waals surface area contributed by atoms with Crippen LogP contribution in [0.3, 0.4) is 0 Å². The first-order valence-electron chi connectivity index (χ1n) is 6.89. The van der Waals surface area contributed by atoms with Crippen LogP contribution in [0.15, 0.2) is 59.5 Å². The van der Waals surface area contributed by atoms with E-state index in [1.165, 1.54) is 19.2 Å². The van der Waals surface area contributed by atoms with E-state index in [0.717, 1.165) is 5.56 Å². The van der Waals surface area contributed by atoms with Crippen LogP contribution in [0.5, 0.6) is 5.75 Å². The van der Waals surface area contributed by atoms with Crippen LogP contribution in [0.25, 0.3) is 0 Å². The number of methoxy groups -OCH3 is 1. The molecule has 22 heavy (non-hydrogen) atoms. The molecule has 1 atom stereocenters. The van der Waals surface area contributed by atoms with Gasteiger partial charge in [0.25, 0.3) is 0 Å². The van der Waals surface area contributed by atoms with Gasteiger partial charge in [0, 0.05) is 12.6 Å². The molecule has 118 valence electrons. The van der Waals surface area contributed by atoms with Crippen LogP contribution < -0.4 is 9.46 Å². The highest BCUT2D eigenvalue weighted by atomic mass is 32.2. The van der Waals surface area contributed by atoms with Gasteiger partial charge in [-0.15, -0.1) is 0 Å². The van der Waals surface area contributed by atoms with E-state index < -0.39 is 16.1 Å². The molecule has 0 spiro atoms. The Hall–Kier alpha value is -1.89. The van der Waals surface area contributed by atoms with E-state index in [9.17, 15) is 13.5 Å². The lowest BCUT2D eigenvalue weighted by molar-refractivity contribution is 0.169. The number of rotatable bonds is 7. The van der Waals surface area contributed by atoms with Crippen LogP contribution in [0, 0.1) is 0 Å². The summed E-state index contributed by atoms with van der Waals surface area (Å²) < 4.78 is 31.8. The van der Waals surface area contributed by atoms with Gasteiger partial charge in [-0.25, -0.2) is 13.1 Å². The molecule has 0 saturated carbocycles. The first kappa shape index (κ1) is 16.5. The van der Waals surface area contributed by atoms with E-state index in [2.05, 4.69) is 4.72 Å². The quantitative estimate of drug-likeness (QED) is 0.819. The Bertz CT molecular complexity index is 701. The third-order valence-electron chi connectivity index (χ3n) is 3.25. The number of ether oxygens (including phenoxy) is 1. The summed E-state index contributed by atoms with van der Waals surface area (Å²) in [5, 5.41) is 10.0. The summed E-state index contributed by atoms with van der Waals surface area (Å²) in [6.45, 7) is 0.148. The van der Waals surface area contributed by atoms with Crippen LogP contribution >= 0.6 is 0 Å². The maximum atomic E-state index is 12.2. The van der Waals surface area contributed by atoms with Gasteiger partial charge in [0.15, 0.2) is 0 Å². The molecule has 0 aliphatic heterocycles. The van der Waals surface area contributed by atoms with Gasteiger partial charge in [-0.3, -0.25) is 0 Å². The van der Waals surface area contributed by atoms with E-state index >= 15 is 0 Å². The summed E-state index contributed by atoms with van der Waals surface area (Å²) in [5.74, 6) is 0.479. The molecule has 0 aliphatic carbocycles. The molecule has 2 aromatic rings. The number of hydrogen-bond donors (Lipinski definition) is 2. The summed E-state index contributed by atoms with van der Waals surface area (Å²) in [6, 6.07) is 15.4.